The normalized spacial score (nSPS) is 14.8. The van der Waals surface area contributed by atoms with E-state index in [1.54, 1.807) is 43.7 Å². The molecule has 11 heteroatoms. The molecule has 4 heterocycles. The standard InChI is InChI=1S/C24H24N8O3/c1-13-31-32-22(35-13)17-11-26-23(29-20(17)28-19(12-33)14-5-4-8-25-10-14)27-15-6-7-16-18(9-15)24(2,3)30-21(16)34/h4-11,19,33H,12H2,1-3H3,(H,30,34)(H2,26,27,28,29)/t19-/m1/s1. The predicted octanol–water partition coefficient (Wildman–Crippen LogP) is 3.10. The van der Waals surface area contributed by atoms with Gasteiger partial charge in [0.15, 0.2) is 0 Å². The van der Waals surface area contributed by atoms with Crippen molar-refractivity contribution in [2.24, 2.45) is 0 Å². The molecule has 178 valence electrons. The molecule has 0 bridgehead atoms. The van der Waals surface area contributed by atoms with Crippen molar-refractivity contribution >= 4 is 23.4 Å². The third-order valence-electron chi connectivity index (χ3n) is 5.75. The van der Waals surface area contributed by atoms with E-state index in [0.29, 0.717) is 28.8 Å². The van der Waals surface area contributed by atoms with E-state index < -0.39 is 11.6 Å². The number of aromatic nitrogens is 5. The summed E-state index contributed by atoms with van der Waals surface area (Å²) in [5.41, 5.74) is 3.06. The second kappa shape index (κ2) is 8.76. The quantitative estimate of drug-likeness (QED) is 0.316. The molecule has 1 amide bonds. The van der Waals surface area contributed by atoms with Crippen LogP contribution >= 0.6 is 0 Å². The molecule has 0 aliphatic carbocycles. The minimum atomic E-state index is -0.480. The molecule has 3 aromatic heterocycles. The molecule has 1 aliphatic rings. The van der Waals surface area contributed by atoms with Gasteiger partial charge in [0.05, 0.1) is 23.8 Å². The van der Waals surface area contributed by atoms with Crippen LogP contribution in [0.3, 0.4) is 0 Å². The van der Waals surface area contributed by atoms with Gasteiger partial charge in [0, 0.05) is 36.8 Å². The fraction of sp³-hybridized carbons (Fsp3) is 0.250. The van der Waals surface area contributed by atoms with Gasteiger partial charge in [-0.15, -0.1) is 10.2 Å². The Labute approximate surface area is 201 Å². The summed E-state index contributed by atoms with van der Waals surface area (Å²) >= 11 is 0. The van der Waals surface area contributed by atoms with E-state index in [1.165, 1.54) is 0 Å². The topological polar surface area (TPSA) is 151 Å². The molecule has 1 atom stereocenters. The van der Waals surface area contributed by atoms with Gasteiger partial charge in [-0.25, -0.2) is 4.98 Å². The molecule has 11 nitrogen and oxygen atoms in total. The first-order valence-corrected chi connectivity index (χ1v) is 11.0. The van der Waals surface area contributed by atoms with Gasteiger partial charge >= 0.3 is 0 Å². The number of nitrogens with one attached hydrogen (secondary N) is 3. The lowest BCUT2D eigenvalue weighted by Gasteiger charge is -2.20. The van der Waals surface area contributed by atoms with Gasteiger partial charge in [0.2, 0.25) is 11.8 Å². The SMILES string of the molecule is Cc1nnc(-c2cnc(Nc3ccc4c(c3)C(C)(C)NC4=O)nc2N[C@H](CO)c2cccnc2)o1. The van der Waals surface area contributed by atoms with E-state index in [0.717, 1.165) is 16.8 Å². The Morgan fingerprint density at radius 1 is 1.17 bits per heavy atom. The number of carbonyl (C=O) groups excluding carboxylic acids is 1. The van der Waals surface area contributed by atoms with Gasteiger partial charge in [-0.1, -0.05) is 6.07 Å². The average Bonchev–Trinajstić information content (AvgIpc) is 3.37. The van der Waals surface area contributed by atoms with E-state index in [4.69, 9.17) is 4.42 Å². The van der Waals surface area contributed by atoms with E-state index in [2.05, 4.69) is 41.1 Å². The van der Waals surface area contributed by atoms with Crippen LogP contribution in [0.1, 0.15) is 47.3 Å². The second-order valence-electron chi connectivity index (χ2n) is 8.71. The molecule has 0 spiro atoms. The zero-order valence-electron chi connectivity index (χ0n) is 19.4. The summed E-state index contributed by atoms with van der Waals surface area (Å²) in [4.78, 5) is 25.4. The Bertz CT molecular complexity index is 1390. The molecule has 4 N–H and O–H groups in total. The summed E-state index contributed by atoms with van der Waals surface area (Å²) in [5, 5.41) is 27.4. The van der Waals surface area contributed by atoms with Crippen molar-refractivity contribution in [2.45, 2.75) is 32.4 Å². The smallest absolute Gasteiger partial charge is 0.253 e. The van der Waals surface area contributed by atoms with Gasteiger partial charge in [-0.3, -0.25) is 9.78 Å². The van der Waals surface area contributed by atoms with Crippen LogP contribution in [0.4, 0.5) is 17.5 Å². The third-order valence-corrected chi connectivity index (χ3v) is 5.75. The fourth-order valence-corrected chi connectivity index (χ4v) is 3.98. The number of rotatable bonds is 7. The highest BCUT2D eigenvalue weighted by molar-refractivity contribution is 6.00. The number of hydrogen-bond donors (Lipinski definition) is 4. The average molecular weight is 473 g/mol. The third kappa shape index (κ3) is 4.41. The van der Waals surface area contributed by atoms with Crippen LogP contribution in [0.25, 0.3) is 11.5 Å². The molecule has 0 unspecified atom stereocenters. The Morgan fingerprint density at radius 3 is 2.74 bits per heavy atom. The number of amides is 1. The highest BCUT2D eigenvalue weighted by Gasteiger charge is 2.35. The van der Waals surface area contributed by atoms with Crippen LogP contribution in [0.2, 0.25) is 0 Å². The highest BCUT2D eigenvalue weighted by Crippen LogP contribution is 2.34. The Balaban J connectivity index is 1.50. The number of nitrogens with zero attached hydrogens (tertiary/aromatic N) is 5. The molecule has 5 rings (SSSR count). The first-order valence-electron chi connectivity index (χ1n) is 11.0. The molecular weight excluding hydrogens is 448 g/mol. The maximum Gasteiger partial charge on any atom is 0.253 e. The van der Waals surface area contributed by atoms with Crippen molar-refractivity contribution in [2.75, 3.05) is 17.2 Å². The van der Waals surface area contributed by atoms with Gasteiger partial charge in [-0.05, 0) is 49.2 Å². The predicted molar refractivity (Wildman–Crippen MR) is 128 cm³/mol. The Morgan fingerprint density at radius 2 is 2.03 bits per heavy atom. The number of hydrogen-bond acceptors (Lipinski definition) is 10. The van der Waals surface area contributed by atoms with Crippen LogP contribution < -0.4 is 16.0 Å². The first-order chi connectivity index (χ1) is 16.8. The molecule has 1 aliphatic heterocycles. The zero-order chi connectivity index (χ0) is 24.6. The summed E-state index contributed by atoms with van der Waals surface area (Å²) in [5.74, 6) is 1.27. The maximum absolute atomic E-state index is 12.2. The molecular formula is C24H24N8O3. The minimum absolute atomic E-state index is 0.0936. The molecule has 35 heavy (non-hydrogen) atoms. The van der Waals surface area contributed by atoms with Gasteiger partial charge < -0.3 is 25.5 Å². The van der Waals surface area contributed by atoms with Crippen molar-refractivity contribution in [3.63, 3.8) is 0 Å². The molecule has 1 aromatic carbocycles. The number of carbonyl (C=O) groups is 1. The Hall–Kier alpha value is -4.38. The first kappa shape index (κ1) is 22.4. The van der Waals surface area contributed by atoms with Crippen LogP contribution in [-0.2, 0) is 5.54 Å². The van der Waals surface area contributed by atoms with Crippen LogP contribution in [0, 0.1) is 6.92 Å². The molecule has 0 saturated heterocycles. The number of aryl methyl sites for hydroxylation is 1. The largest absolute Gasteiger partial charge is 0.421 e. The van der Waals surface area contributed by atoms with Gasteiger partial charge in [0.25, 0.3) is 11.8 Å². The van der Waals surface area contributed by atoms with E-state index in [1.807, 2.05) is 26.0 Å². The second-order valence-corrected chi connectivity index (χ2v) is 8.71. The zero-order valence-corrected chi connectivity index (χ0v) is 19.4. The van der Waals surface area contributed by atoms with Gasteiger partial charge in [0.1, 0.15) is 5.82 Å². The van der Waals surface area contributed by atoms with E-state index in [-0.39, 0.29) is 18.4 Å². The number of pyridine rings is 1. The van der Waals surface area contributed by atoms with Crippen molar-refractivity contribution in [1.82, 2.24) is 30.5 Å². The van der Waals surface area contributed by atoms with Crippen LogP contribution in [0.5, 0.6) is 0 Å². The summed E-state index contributed by atoms with van der Waals surface area (Å²) < 4.78 is 5.60. The fourth-order valence-electron chi connectivity index (χ4n) is 3.98. The number of anilines is 3. The van der Waals surface area contributed by atoms with Crippen LogP contribution in [0.15, 0.2) is 53.3 Å². The van der Waals surface area contributed by atoms with Crippen LogP contribution in [-0.4, -0.2) is 42.8 Å². The van der Waals surface area contributed by atoms with Crippen molar-refractivity contribution in [3.8, 4) is 11.5 Å². The summed E-state index contributed by atoms with van der Waals surface area (Å²) in [7, 11) is 0. The highest BCUT2D eigenvalue weighted by atomic mass is 16.4. The van der Waals surface area contributed by atoms with Crippen molar-refractivity contribution in [1.29, 1.82) is 0 Å². The number of aliphatic hydroxyl groups is 1. The monoisotopic (exact) mass is 472 g/mol. The summed E-state index contributed by atoms with van der Waals surface area (Å²) in [6.07, 6.45) is 4.91. The lowest BCUT2D eigenvalue weighted by Crippen LogP contribution is -2.32. The minimum Gasteiger partial charge on any atom is -0.421 e. The number of aliphatic hydroxyl groups excluding tert-OH is 1. The maximum atomic E-state index is 12.2. The number of benzene rings is 1. The van der Waals surface area contributed by atoms with Gasteiger partial charge in [-0.2, -0.15) is 4.98 Å². The number of fused-ring (bicyclic) bond motifs is 1. The van der Waals surface area contributed by atoms with Crippen molar-refractivity contribution in [3.05, 3.63) is 71.5 Å². The lowest BCUT2D eigenvalue weighted by atomic mass is 9.94. The molecule has 0 radical (unpaired) electrons. The van der Waals surface area contributed by atoms with E-state index >= 15 is 0 Å². The summed E-state index contributed by atoms with van der Waals surface area (Å²) in [6, 6.07) is 8.67. The molecule has 0 fully saturated rings. The van der Waals surface area contributed by atoms with Crippen molar-refractivity contribution < 1.29 is 14.3 Å². The van der Waals surface area contributed by atoms with E-state index in [9.17, 15) is 9.90 Å². The summed E-state index contributed by atoms with van der Waals surface area (Å²) in [6.45, 7) is 5.41. The molecule has 4 aromatic rings. The lowest BCUT2D eigenvalue weighted by molar-refractivity contribution is 0.0940. The molecule has 0 saturated carbocycles. The Kier molecular flexibility index (Phi) is 5.61.